The Hall–Kier alpha value is -2.95. The lowest BCUT2D eigenvalue weighted by atomic mass is 10.0. The molecule has 21 heavy (non-hydrogen) atoms. The molecule has 3 rings (SSSR count). The summed E-state index contributed by atoms with van der Waals surface area (Å²) in [6.07, 6.45) is 5.24. The van der Waals surface area contributed by atoms with Crippen LogP contribution in [0.15, 0.2) is 55.0 Å². The van der Waals surface area contributed by atoms with E-state index < -0.39 is 0 Å². The second kappa shape index (κ2) is 5.58. The normalized spacial score (nSPS) is 10.3. The summed E-state index contributed by atoms with van der Waals surface area (Å²) in [4.78, 5) is 12.8. The summed E-state index contributed by atoms with van der Waals surface area (Å²) < 4.78 is 5.08. The van der Waals surface area contributed by atoms with Crippen molar-refractivity contribution >= 4 is 5.82 Å². The third-order valence-corrected chi connectivity index (χ3v) is 3.12. The molecule has 5 nitrogen and oxygen atoms in total. The fourth-order valence-electron chi connectivity index (χ4n) is 2.07. The van der Waals surface area contributed by atoms with E-state index in [2.05, 4.69) is 15.0 Å². The smallest absolute Gasteiger partial charge is 0.212 e. The summed E-state index contributed by atoms with van der Waals surface area (Å²) >= 11 is 0. The van der Waals surface area contributed by atoms with Crippen molar-refractivity contribution in [1.82, 2.24) is 15.0 Å². The van der Waals surface area contributed by atoms with Crippen molar-refractivity contribution < 1.29 is 4.74 Å². The Bertz CT molecular complexity index is 739. The maximum absolute atomic E-state index is 5.63. The van der Waals surface area contributed by atoms with Crippen LogP contribution in [0.2, 0.25) is 0 Å². The van der Waals surface area contributed by atoms with Crippen molar-refractivity contribution in [2.24, 2.45) is 0 Å². The van der Waals surface area contributed by atoms with E-state index in [1.54, 1.807) is 31.8 Å². The maximum Gasteiger partial charge on any atom is 0.212 e. The Morgan fingerprint density at radius 1 is 0.905 bits per heavy atom. The van der Waals surface area contributed by atoms with Gasteiger partial charge in [-0.3, -0.25) is 4.98 Å². The number of ether oxygens (including phenoxy) is 1. The van der Waals surface area contributed by atoms with Gasteiger partial charge < -0.3 is 10.5 Å². The molecule has 0 aromatic carbocycles. The number of hydrogen-bond acceptors (Lipinski definition) is 5. The van der Waals surface area contributed by atoms with E-state index in [0.29, 0.717) is 11.7 Å². The van der Waals surface area contributed by atoms with Crippen LogP contribution in [-0.4, -0.2) is 22.1 Å². The molecule has 0 bridgehead atoms. The minimum Gasteiger partial charge on any atom is -0.481 e. The molecule has 3 aromatic heterocycles. The molecule has 0 radical (unpaired) electrons. The highest BCUT2D eigenvalue weighted by Crippen LogP contribution is 2.30. The number of nitrogen functional groups attached to an aromatic ring is 1. The van der Waals surface area contributed by atoms with Gasteiger partial charge in [-0.05, 0) is 24.3 Å². The number of nitrogens with two attached hydrogens (primary N) is 1. The van der Waals surface area contributed by atoms with Gasteiger partial charge in [0.15, 0.2) is 0 Å². The molecule has 104 valence electrons. The highest BCUT2D eigenvalue weighted by atomic mass is 16.5. The van der Waals surface area contributed by atoms with Crippen LogP contribution in [0.1, 0.15) is 0 Å². The van der Waals surface area contributed by atoms with Crippen molar-refractivity contribution in [3.63, 3.8) is 0 Å². The van der Waals surface area contributed by atoms with E-state index in [4.69, 9.17) is 10.5 Å². The second-order valence-corrected chi connectivity index (χ2v) is 4.46. The quantitative estimate of drug-likeness (QED) is 0.797. The van der Waals surface area contributed by atoms with E-state index in [1.165, 1.54) is 0 Å². The number of aromatic nitrogens is 3. The minimum absolute atomic E-state index is 0.488. The van der Waals surface area contributed by atoms with E-state index in [9.17, 15) is 0 Å². The molecule has 3 heterocycles. The van der Waals surface area contributed by atoms with Crippen molar-refractivity contribution in [2.75, 3.05) is 12.8 Å². The van der Waals surface area contributed by atoms with Gasteiger partial charge in [0.05, 0.1) is 12.8 Å². The molecule has 0 saturated heterocycles. The van der Waals surface area contributed by atoms with Gasteiger partial charge in [0.1, 0.15) is 5.82 Å². The van der Waals surface area contributed by atoms with Crippen LogP contribution in [0.5, 0.6) is 5.88 Å². The molecule has 3 aromatic rings. The number of nitrogens with zero attached hydrogens (tertiary/aromatic N) is 3. The zero-order valence-corrected chi connectivity index (χ0v) is 11.5. The first-order valence-electron chi connectivity index (χ1n) is 6.45. The molecule has 0 aliphatic heterocycles. The van der Waals surface area contributed by atoms with Crippen LogP contribution in [-0.2, 0) is 0 Å². The van der Waals surface area contributed by atoms with Gasteiger partial charge in [-0.1, -0.05) is 6.07 Å². The van der Waals surface area contributed by atoms with Crippen LogP contribution in [0.3, 0.4) is 0 Å². The lowest BCUT2D eigenvalue weighted by molar-refractivity contribution is 0.398. The minimum atomic E-state index is 0.488. The lowest BCUT2D eigenvalue weighted by Crippen LogP contribution is -1.93. The number of methoxy groups -OCH3 is 1. The Balaban J connectivity index is 2.08. The van der Waals surface area contributed by atoms with Gasteiger partial charge in [-0.25, -0.2) is 9.97 Å². The molecule has 0 saturated carbocycles. The van der Waals surface area contributed by atoms with Crippen LogP contribution < -0.4 is 10.5 Å². The summed E-state index contributed by atoms with van der Waals surface area (Å²) in [5.41, 5.74) is 9.34. The summed E-state index contributed by atoms with van der Waals surface area (Å²) in [6, 6.07) is 11.4. The highest BCUT2D eigenvalue weighted by Gasteiger charge is 2.09. The van der Waals surface area contributed by atoms with Crippen molar-refractivity contribution in [1.29, 1.82) is 0 Å². The van der Waals surface area contributed by atoms with Crippen LogP contribution in [0.25, 0.3) is 22.4 Å². The molecule has 0 atom stereocenters. The molecule has 0 fully saturated rings. The van der Waals surface area contributed by atoms with Gasteiger partial charge in [0, 0.05) is 41.3 Å². The molecule has 0 spiro atoms. The third-order valence-electron chi connectivity index (χ3n) is 3.12. The third kappa shape index (κ3) is 2.67. The monoisotopic (exact) mass is 278 g/mol. The molecule has 2 N–H and O–H groups in total. The summed E-state index contributed by atoms with van der Waals surface area (Å²) in [6.45, 7) is 0. The first-order valence-corrected chi connectivity index (χ1v) is 6.45. The first kappa shape index (κ1) is 13.1. The predicted molar refractivity (Wildman–Crippen MR) is 81.7 cm³/mol. The van der Waals surface area contributed by atoms with Crippen molar-refractivity contribution in [3.05, 3.63) is 55.0 Å². The van der Waals surface area contributed by atoms with Gasteiger partial charge in [-0.2, -0.15) is 0 Å². The summed E-state index contributed by atoms with van der Waals surface area (Å²) in [7, 11) is 1.59. The Morgan fingerprint density at radius 2 is 1.71 bits per heavy atom. The number of pyridine rings is 3. The fourth-order valence-corrected chi connectivity index (χ4v) is 2.07. The topological polar surface area (TPSA) is 73.9 Å². The Morgan fingerprint density at radius 3 is 2.38 bits per heavy atom. The molecule has 0 unspecified atom stereocenters. The fraction of sp³-hybridized carbons (Fsp3) is 0.0625. The van der Waals surface area contributed by atoms with E-state index in [-0.39, 0.29) is 0 Å². The van der Waals surface area contributed by atoms with Crippen molar-refractivity contribution in [3.8, 4) is 28.3 Å². The summed E-state index contributed by atoms with van der Waals surface area (Å²) in [5.74, 6) is 1.07. The molecule has 5 heteroatoms. The molecule has 0 aliphatic carbocycles. The average Bonchev–Trinajstić information content (AvgIpc) is 2.56. The average molecular weight is 278 g/mol. The number of hydrogen-bond donors (Lipinski definition) is 1. The van der Waals surface area contributed by atoms with Gasteiger partial charge in [0.25, 0.3) is 0 Å². The molecule has 0 aliphatic rings. The lowest BCUT2D eigenvalue weighted by Gasteiger charge is -2.09. The first-order chi connectivity index (χ1) is 10.3. The van der Waals surface area contributed by atoms with E-state index in [1.807, 2.05) is 30.3 Å². The van der Waals surface area contributed by atoms with Crippen LogP contribution in [0.4, 0.5) is 5.82 Å². The highest BCUT2D eigenvalue weighted by molar-refractivity contribution is 5.80. The zero-order valence-electron chi connectivity index (χ0n) is 11.5. The standard InChI is InChI=1S/C16H14N4O/c1-21-15-7-5-11(9-20-15)13-3-2-8-18-16(13)12-4-6-14(17)19-10-12/h2-10H,1H3,(H2,17,19). The van der Waals surface area contributed by atoms with E-state index >= 15 is 0 Å². The maximum atomic E-state index is 5.63. The van der Waals surface area contributed by atoms with Crippen molar-refractivity contribution in [2.45, 2.75) is 0 Å². The Labute approximate surface area is 122 Å². The molecular weight excluding hydrogens is 264 g/mol. The SMILES string of the molecule is COc1ccc(-c2cccnc2-c2ccc(N)nc2)cn1. The summed E-state index contributed by atoms with van der Waals surface area (Å²) in [5, 5.41) is 0. The predicted octanol–water partition coefficient (Wildman–Crippen LogP) is 2.80. The van der Waals surface area contributed by atoms with E-state index in [0.717, 1.165) is 22.4 Å². The molecule has 0 amide bonds. The number of anilines is 1. The Kier molecular flexibility index (Phi) is 3.47. The zero-order chi connectivity index (χ0) is 14.7. The largest absolute Gasteiger partial charge is 0.481 e. The van der Waals surface area contributed by atoms with Gasteiger partial charge in [0.2, 0.25) is 5.88 Å². The van der Waals surface area contributed by atoms with Gasteiger partial charge >= 0.3 is 0 Å². The molecular formula is C16H14N4O. The van der Waals surface area contributed by atoms with Gasteiger partial charge in [-0.15, -0.1) is 0 Å². The van der Waals surface area contributed by atoms with Crippen LogP contribution in [0, 0.1) is 0 Å². The van der Waals surface area contributed by atoms with Crippen LogP contribution >= 0.6 is 0 Å². The second-order valence-electron chi connectivity index (χ2n) is 4.46. The number of rotatable bonds is 3.